The van der Waals surface area contributed by atoms with Gasteiger partial charge in [-0.3, -0.25) is 19.5 Å². The van der Waals surface area contributed by atoms with Crippen LogP contribution in [0.25, 0.3) is 0 Å². The molecule has 0 spiro atoms. The summed E-state index contributed by atoms with van der Waals surface area (Å²) >= 11 is 0. The quantitative estimate of drug-likeness (QED) is 0.469. The van der Waals surface area contributed by atoms with Crippen LogP contribution in [-0.2, 0) is 35.0 Å². The van der Waals surface area contributed by atoms with Crippen LogP contribution in [0.15, 0.2) is 41.3 Å². The third-order valence-corrected chi connectivity index (χ3v) is 4.89. The maximum absolute atomic E-state index is 14.7. The number of hydrogen-bond acceptors (Lipinski definition) is 9. The molecule has 0 radical (unpaired) electrons. The number of anilines is 1. The number of ether oxygens (including phenoxy) is 4. The third kappa shape index (κ3) is 6.16. The van der Waals surface area contributed by atoms with Crippen molar-refractivity contribution in [2.75, 3.05) is 11.9 Å². The van der Waals surface area contributed by atoms with Gasteiger partial charge in [-0.05, 0) is 12.5 Å². The molecule has 11 nitrogen and oxygen atoms in total. The van der Waals surface area contributed by atoms with Gasteiger partial charge in [0, 0.05) is 20.3 Å². The molecule has 2 heterocycles. The van der Waals surface area contributed by atoms with Gasteiger partial charge in [0.15, 0.2) is 30.1 Å². The second-order valence-corrected chi connectivity index (χ2v) is 7.50. The fraction of sp³-hybridized carbons (Fsp3) is 0.409. The first-order valence-electron chi connectivity index (χ1n) is 10.4. The van der Waals surface area contributed by atoms with Gasteiger partial charge in [-0.2, -0.15) is 4.98 Å². The topological polar surface area (TPSA) is 135 Å². The smallest absolute Gasteiger partial charge is 0.412 e. The lowest BCUT2D eigenvalue weighted by Crippen LogP contribution is -2.40. The van der Waals surface area contributed by atoms with Crippen molar-refractivity contribution in [3.05, 3.63) is 58.4 Å². The minimum absolute atomic E-state index is 0.0317. The highest BCUT2D eigenvalue weighted by molar-refractivity contribution is 5.83. The fourth-order valence-electron chi connectivity index (χ4n) is 3.45. The molecule has 182 valence electrons. The van der Waals surface area contributed by atoms with Crippen molar-refractivity contribution in [3.63, 3.8) is 0 Å². The van der Waals surface area contributed by atoms with Crippen LogP contribution in [0.3, 0.4) is 0 Å². The van der Waals surface area contributed by atoms with Crippen LogP contribution < -0.4 is 11.0 Å². The standard InChI is InChI=1S/C22H24FN3O8/c1-12-17(33-13(2)27)18(34-14(3)28)20(32-12)26-11-16(23)19(24-21(26)29)25-22(30)31-10-9-15-7-5-4-6-8-15/h4-8,11-12,17-18,20H,9-10H2,1-3H3,(H,24,25,29,30)/t12-,17-,18-,20-/m1/s1. The van der Waals surface area contributed by atoms with Crippen molar-refractivity contribution in [2.24, 2.45) is 0 Å². The minimum Gasteiger partial charge on any atom is -0.456 e. The zero-order valence-electron chi connectivity index (χ0n) is 18.7. The van der Waals surface area contributed by atoms with Gasteiger partial charge in [0.2, 0.25) is 0 Å². The molecule has 34 heavy (non-hydrogen) atoms. The van der Waals surface area contributed by atoms with E-state index in [0.29, 0.717) is 6.42 Å². The molecule has 1 aromatic carbocycles. The second-order valence-electron chi connectivity index (χ2n) is 7.50. The summed E-state index contributed by atoms with van der Waals surface area (Å²) in [7, 11) is 0. The van der Waals surface area contributed by atoms with E-state index < -0.39 is 59.9 Å². The Balaban J connectivity index is 1.72. The Hall–Kier alpha value is -3.80. The van der Waals surface area contributed by atoms with E-state index in [0.717, 1.165) is 30.2 Å². The maximum Gasteiger partial charge on any atom is 0.412 e. The first-order valence-corrected chi connectivity index (χ1v) is 10.4. The Morgan fingerprint density at radius 1 is 1.12 bits per heavy atom. The molecule has 1 fully saturated rings. The molecule has 1 aliphatic rings. The van der Waals surface area contributed by atoms with Gasteiger partial charge in [-0.25, -0.2) is 14.0 Å². The zero-order chi connectivity index (χ0) is 24.8. The largest absolute Gasteiger partial charge is 0.456 e. The summed E-state index contributed by atoms with van der Waals surface area (Å²) in [6.45, 7) is 3.87. The van der Waals surface area contributed by atoms with Crippen LogP contribution >= 0.6 is 0 Å². The van der Waals surface area contributed by atoms with E-state index in [1.54, 1.807) is 6.92 Å². The minimum atomic E-state index is -1.32. The Kier molecular flexibility index (Phi) is 7.95. The summed E-state index contributed by atoms with van der Waals surface area (Å²) in [4.78, 5) is 51.1. The number of aromatic nitrogens is 2. The molecular weight excluding hydrogens is 453 g/mol. The number of nitrogens with one attached hydrogen (secondary N) is 1. The predicted octanol–water partition coefficient (Wildman–Crippen LogP) is 1.95. The molecule has 0 aliphatic carbocycles. The van der Waals surface area contributed by atoms with Crippen molar-refractivity contribution < 1.29 is 37.7 Å². The second kappa shape index (κ2) is 10.9. The molecule has 12 heteroatoms. The predicted molar refractivity (Wildman–Crippen MR) is 114 cm³/mol. The molecular formula is C22H24FN3O8. The molecule has 3 rings (SSSR count). The van der Waals surface area contributed by atoms with Crippen molar-refractivity contribution in [1.82, 2.24) is 9.55 Å². The molecule has 1 amide bonds. The van der Waals surface area contributed by atoms with E-state index in [1.807, 2.05) is 30.3 Å². The van der Waals surface area contributed by atoms with E-state index >= 15 is 0 Å². The number of nitrogens with zero attached hydrogens (tertiary/aromatic N) is 2. The van der Waals surface area contributed by atoms with E-state index in [2.05, 4.69) is 10.3 Å². The summed E-state index contributed by atoms with van der Waals surface area (Å²) in [5, 5.41) is 2.09. The maximum atomic E-state index is 14.7. The van der Waals surface area contributed by atoms with E-state index in [-0.39, 0.29) is 6.61 Å². The Morgan fingerprint density at radius 2 is 1.76 bits per heavy atom. The monoisotopic (exact) mass is 477 g/mol. The highest BCUT2D eigenvalue weighted by atomic mass is 19.1. The molecule has 1 saturated heterocycles. The van der Waals surface area contributed by atoms with Gasteiger partial charge in [0.05, 0.1) is 18.9 Å². The van der Waals surface area contributed by atoms with E-state index in [4.69, 9.17) is 18.9 Å². The summed E-state index contributed by atoms with van der Waals surface area (Å²) in [6, 6.07) is 9.28. The molecule has 4 atom stereocenters. The highest BCUT2D eigenvalue weighted by Crippen LogP contribution is 2.33. The molecule has 2 aromatic rings. The molecule has 0 unspecified atom stereocenters. The average Bonchev–Trinajstić information content (AvgIpc) is 3.05. The normalized spacial score (nSPS) is 21.5. The Morgan fingerprint density at radius 3 is 2.41 bits per heavy atom. The number of hydrogen-bond donors (Lipinski definition) is 1. The average molecular weight is 477 g/mol. The molecule has 0 saturated carbocycles. The van der Waals surface area contributed by atoms with Crippen molar-refractivity contribution >= 4 is 23.8 Å². The lowest BCUT2D eigenvalue weighted by molar-refractivity contribution is -0.165. The van der Waals surface area contributed by atoms with E-state index in [1.165, 1.54) is 0 Å². The van der Waals surface area contributed by atoms with Crippen LogP contribution in [0.2, 0.25) is 0 Å². The van der Waals surface area contributed by atoms with E-state index in [9.17, 15) is 23.6 Å². The fourth-order valence-corrected chi connectivity index (χ4v) is 3.45. The molecule has 1 aromatic heterocycles. The van der Waals surface area contributed by atoms with Gasteiger partial charge < -0.3 is 18.9 Å². The van der Waals surface area contributed by atoms with Crippen molar-refractivity contribution in [1.29, 1.82) is 0 Å². The number of rotatable bonds is 7. The number of benzene rings is 1. The van der Waals surface area contributed by atoms with Crippen LogP contribution in [-0.4, -0.2) is 52.5 Å². The number of esters is 2. The summed E-state index contributed by atoms with van der Waals surface area (Å²) in [5.74, 6) is -3.07. The van der Waals surface area contributed by atoms with Gasteiger partial charge in [-0.1, -0.05) is 30.3 Å². The van der Waals surface area contributed by atoms with Crippen LogP contribution in [0.1, 0.15) is 32.6 Å². The van der Waals surface area contributed by atoms with Gasteiger partial charge >= 0.3 is 23.7 Å². The van der Waals surface area contributed by atoms with Crippen LogP contribution in [0.4, 0.5) is 15.0 Å². The summed E-state index contributed by atoms with van der Waals surface area (Å²) in [6.07, 6.45) is -4.13. The van der Waals surface area contributed by atoms with Gasteiger partial charge in [-0.15, -0.1) is 0 Å². The summed E-state index contributed by atoms with van der Waals surface area (Å²) in [5.41, 5.74) is -0.0544. The van der Waals surface area contributed by atoms with Crippen LogP contribution in [0, 0.1) is 5.82 Å². The Bertz CT molecular complexity index is 1110. The number of carbonyl (C=O) groups is 3. The van der Waals surface area contributed by atoms with Crippen LogP contribution in [0.5, 0.6) is 0 Å². The van der Waals surface area contributed by atoms with Crippen molar-refractivity contribution in [2.45, 2.75) is 51.7 Å². The lowest BCUT2D eigenvalue weighted by atomic mass is 10.1. The van der Waals surface area contributed by atoms with Gasteiger partial charge in [0.25, 0.3) is 0 Å². The molecule has 1 aliphatic heterocycles. The first-order chi connectivity index (χ1) is 16.2. The first kappa shape index (κ1) is 24.8. The third-order valence-electron chi connectivity index (χ3n) is 4.89. The molecule has 1 N–H and O–H groups in total. The van der Waals surface area contributed by atoms with Gasteiger partial charge in [0.1, 0.15) is 0 Å². The summed E-state index contributed by atoms with van der Waals surface area (Å²) < 4.78 is 36.4. The highest BCUT2D eigenvalue weighted by Gasteiger charge is 2.48. The number of halogens is 1. The number of carbonyl (C=O) groups excluding carboxylic acids is 3. The number of amides is 1. The SMILES string of the molecule is CC(=O)O[C@@H]1[C@H](OC(C)=O)[C@@H](C)O[C@H]1n1cc(F)c(NC(=O)OCCc2ccccc2)nc1=O. The lowest BCUT2D eigenvalue weighted by Gasteiger charge is -2.23. The molecule has 0 bridgehead atoms. The zero-order valence-corrected chi connectivity index (χ0v) is 18.7. The van der Waals surface area contributed by atoms with Crippen molar-refractivity contribution in [3.8, 4) is 0 Å². The Labute approximate surface area is 193 Å².